The number of benzene rings is 1. The van der Waals surface area contributed by atoms with E-state index < -0.39 is 17.8 Å². The van der Waals surface area contributed by atoms with Crippen molar-refractivity contribution in [2.75, 3.05) is 0 Å². The fourth-order valence-corrected chi connectivity index (χ4v) is 1.95. The van der Waals surface area contributed by atoms with Crippen LogP contribution in [-0.4, -0.2) is 4.98 Å². The third-order valence-corrected chi connectivity index (χ3v) is 3.02. The summed E-state index contributed by atoms with van der Waals surface area (Å²) in [4.78, 5) is 3.89. The standard InChI is InChI=1S/C13H11ClF3N3/c14-11-5-4-9(7-19-11)12(20-18)8-2-1-3-10(6-8)13(15,16)17/h1-7,12,20H,18H2. The summed E-state index contributed by atoms with van der Waals surface area (Å²) < 4.78 is 38.1. The second-order valence-corrected chi connectivity index (χ2v) is 4.52. The Balaban J connectivity index is 2.39. The molecule has 106 valence electrons. The molecule has 1 heterocycles. The largest absolute Gasteiger partial charge is 0.416 e. The summed E-state index contributed by atoms with van der Waals surface area (Å²) in [7, 11) is 0. The molecule has 0 saturated carbocycles. The second kappa shape index (κ2) is 5.78. The van der Waals surface area contributed by atoms with Crippen LogP contribution in [0, 0.1) is 0 Å². The maximum atomic E-state index is 12.7. The van der Waals surface area contributed by atoms with Crippen molar-refractivity contribution in [2.45, 2.75) is 12.2 Å². The number of rotatable bonds is 3. The molecular weight excluding hydrogens is 291 g/mol. The number of hydrazine groups is 1. The lowest BCUT2D eigenvalue weighted by Crippen LogP contribution is -2.29. The molecule has 0 bridgehead atoms. The summed E-state index contributed by atoms with van der Waals surface area (Å²) >= 11 is 5.68. The molecular formula is C13H11ClF3N3. The first-order chi connectivity index (χ1) is 9.41. The molecule has 0 radical (unpaired) electrons. The third kappa shape index (κ3) is 3.27. The van der Waals surface area contributed by atoms with Crippen LogP contribution in [-0.2, 0) is 6.18 Å². The minimum absolute atomic E-state index is 0.300. The van der Waals surface area contributed by atoms with Gasteiger partial charge in [-0.3, -0.25) is 5.84 Å². The zero-order valence-electron chi connectivity index (χ0n) is 10.2. The van der Waals surface area contributed by atoms with Gasteiger partial charge in [-0.25, -0.2) is 10.4 Å². The van der Waals surface area contributed by atoms with E-state index >= 15 is 0 Å². The summed E-state index contributed by atoms with van der Waals surface area (Å²) in [5.74, 6) is 5.44. The number of halogens is 4. The summed E-state index contributed by atoms with van der Waals surface area (Å²) in [5.41, 5.74) is 2.77. The molecule has 1 atom stereocenters. The number of nitrogens with zero attached hydrogens (tertiary/aromatic N) is 1. The van der Waals surface area contributed by atoms with E-state index in [1.807, 2.05) is 0 Å². The van der Waals surface area contributed by atoms with Gasteiger partial charge >= 0.3 is 6.18 Å². The molecule has 1 aromatic heterocycles. The average molecular weight is 302 g/mol. The van der Waals surface area contributed by atoms with Crippen LogP contribution in [0.3, 0.4) is 0 Å². The minimum Gasteiger partial charge on any atom is -0.271 e. The van der Waals surface area contributed by atoms with Crippen LogP contribution in [0.15, 0.2) is 42.6 Å². The molecule has 0 fully saturated rings. The fourth-order valence-electron chi connectivity index (χ4n) is 1.84. The zero-order chi connectivity index (χ0) is 14.8. The van der Waals surface area contributed by atoms with Gasteiger partial charge in [0, 0.05) is 6.20 Å². The van der Waals surface area contributed by atoms with Crippen LogP contribution >= 0.6 is 11.6 Å². The van der Waals surface area contributed by atoms with Crippen LogP contribution in [0.2, 0.25) is 5.15 Å². The molecule has 1 unspecified atom stereocenters. The highest BCUT2D eigenvalue weighted by Gasteiger charge is 2.31. The van der Waals surface area contributed by atoms with Gasteiger partial charge in [0.15, 0.2) is 0 Å². The molecule has 0 spiro atoms. The van der Waals surface area contributed by atoms with Crippen molar-refractivity contribution < 1.29 is 13.2 Å². The van der Waals surface area contributed by atoms with Crippen molar-refractivity contribution in [1.82, 2.24) is 10.4 Å². The van der Waals surface area contributed by atoms with Gasteiger partial charge in [0.2, 0.25) is 0 Å². The van der Waals surface area contributed by atoms with Gasteiger partial charge in [-0.15, -0.1) is 0 Å². The first-order valence-electron chi connectivity index (χ1n) is 5.66. The Labute approximate surface area is 118 Å². The maximum absolute atomic E-state index is 12.7. The summed E-state index contributed by atoms with van der Waals surface area (Å²) in [5, 5.41) is 0.300. The number of hydrogen-bond acceptors (Lipinski definition) is 3. The number of aromatic nitrogens is 1. The Bertz CT molecular complexity index is 584. The van der Waals surface area contributed by atoms with Crippen molar-refractivity contribution in [3.8, 4) is 0 Å². The number of alkyl halides is 3. The number of hydrogen-bond donors (Lipinski definition) is 2. The van der Waals surface area contributed by atoms with Crippen molar-refractivity contribution >= 4 is 11.6 Å². The van der Waals surface area contributed by atoms with Gasteiger partial charge in [0.25, 0.3) is 0 Å². The van der Waals surface area contributed by atoms with E-state index in [-0.39, 0.29) is 0 Å². The Kier molecular flexibility index (Phi) is 4.27. The van der Waals surface area contributed by atoms with Gasteiger partial charge in [-0.2, -0.15) is 13.2 Å². The highest BCUT2D eigenvalue weighted by molar-refractivity contribution is 6.29. The van der Waals surface area contributed by atoms with E-state index in [0.717, 1.165) is 12.1 Å². The zero-order valence-corrected chi connectivity index (χ0v) is 10.9. The first-order valence-corrected chi connectivity index (χ1v) is 6.04. The Morgan fingerprint density at radius 2 is 1.90 bits per heavy atom. The Morgan fingerprint density at radius 1 is 1.15 bits per heavy atom. The topological polar surface area (TPSA) is 50.9 Å². The van der Waals surface area contributed by atoms with Crippen molar-refractivity contribution in [3.05, 3.63) is 64.4 Å². The van der Waals surface area contributed by atoms with Crippen LogP contribution in [0.1, 0.15) is 22.7 Å². The lowest BCUT2D eigenvalue weighted by atomic mass is 9.99. The number of pyridine rings is 1. The fraction of sp³-hybridized carbons (Fsp3) is 0.154. The molecule has 3 N–H and O–H groups in total. The Morgan fingerprint density at radius 3 is 2.45 bits per heavy atom. The van der Waals surface area contributed by atoms with E-state index in [2.05, 4.69) is 10.4 Å². The predicted octanol–water partition coefficient (Wildman–Crippen LogP) is 3.31. The van der Waals surface area contributed by atoms with Crippen molar-refractivity contribution in [1.29, 1.82) is 0 Å². The van der Waals surface area contributed by atoms with Crippen LogP contribution in [0.4, 0.5) is 13.2 Å². The molecule has 0 aliphatic rings. The smallest absolute Gasteiger partial charge is 0.271 e. The molecule has 20 heavy (non-hydrogen) atoms. The monoisotopic (exact) mass is 301 g/mol. The molecule has 1 aromatic carbocycles. The third-order valence-electron chi connectivity index (χ3n) is 2.80. The van der Waals surface area contributed by atoms with Gasteiger partial charge in [0.1, 0.15) is 5.15 Å². The van der Waals surface area contributed by atoms with Crippen LogP contribution in [0.5, 0.6) is 0 Å². The normalized spacial score (nSPS) is 13.2. The number of nitrogens with two attached hydrogens (primary N) is 1. The molecule has 2 aromatic rings. The molecule has 0 saturated heterocycles. The Hall–Kier alpha value is -1.63. The van der Waals surface area contributed by atoms with E-state index in [1.165, 1.54) is 12.3 Å². The molecule has 0 amide bonds. The molecule has 7 heteroatoms. The SMILES string of the molecule is NNC(c1ccc(Cl)nc1)c1cccc(C(F)(F)F)c1. The quantitative estimate of drug-likeness (QED) is 0.519. The summed E-state index contributed by atoms with van der Waals surface area (Å²) in [6.45, 7) is 0. The lowest BCUT2D eigenvalue weighted by Gasteiger charge is -2.18. The van der Waals surface area contributed by atoms with E-state index in [1.54, 1.807) is 18.2 Å². The van der Waals surface area contributed by atoms with Crippen molar-refractivity contribution in [2.24, 2.45) is 5.84 Å². The van der Waals surface area contributed by atoms with Gasteiger partial charge in [0.05, 0.1) is 11.6 Å². The molecule has 0 aliphatic heterocycles. The van der Waals surface area contributed by atoms with E-state index in [0.29, 0.717) is 16.3 Å². The first kappa shape index (κ1) is 14.8. The average Bonchev–Trinajstić information content (AvgIpc) is 2.41. The van der Waals surface area contributed by atoms with Gasteiger partial charge in [-0.1, -0.05) is 29.8 Å². The van der Waals surface area contributed by atoms with Crippen LogP contribution in [0.25, 0.3) is 0 Å². The maximum Gasteiger partial charge on any atom is 0.416 e. The minimum atomic E-state index is -4.40. The lowest BCUT2D eigenvalue weighted by molar-refractivity contribution is -0.137. The van der Waals surface area contributed by atoms with E-state index in [9.17, 15) is 13.2 Å². The molecule has 2 rings (SSSR count). The summed E-state index contributed by atoms with van der Waals surface area (Å²) in [6.07, 6.45) is -2.93. The predicted molar refractivity (Wildman–Crippen MR) is 69.9 cm³/mol. The van der Waals surface area contributed by atoms with E-state index in [4.69, 9.17) is 17.4 Å². The van der Waals surface area contributed by atoms with Gasteiger partial charge in [-0.05, 0) is 29.3 Å². The van der Waals surface area contributed by atoms with Crippen molar-refractivity contribution in [3.63, 3.8) is 0 Å². The second-order valence-electron chi connectivity index (χ2n) is 4.14. The van der Waals surface area contributed by atoms with Gasteiger partial charge < -0.3 is 0 Å². The molecule has 3 nitrogen and oxygen atoms in total. The number of nitrogens with one attached hydrogen (secondary N) is 1. The van der Waals surface area contributed by atoms with Crippen LogP contribution < -0.4 is 11.3 Å². The highest BCUT2D eigenvalue weighted by atomic mass is 35.5. The highest BCUT2D eigenvalue weighted by Crippen LogP contribution is 2.31. The molecule has 0 aliphatic carbocycles. The summed E-state index contributed by atoms with van der Waals surface area (Å²) in [6, 6.07) is 7.58.